The molecule has 2 fully saturated rings. The lowest BCUT2D eigenvalue weighted by Gasteiger charge is -2.34. The molecule has 1 aromatic carbocycles. The van der Waals surface area contributed by atoms with Crippen molar-refractivity contribution in [2.75, 3.05) is 26.7 Å². The van der Waals surface area contributed by atoms with Crippen molar-refractivity contribution in [3.8, 4) is 0 Å². The largest absolute Gasteiger partial charge is 0.392 e. The van der Waals surface area contributed by atoms with Crippen LogP contribution in [0.5, 0.6) is 0 Å². The standard InChI is InChI=1S/C24H30N7O2S/c1-15(2)10-12-30-20-21(27-23(30)29-11-6-7-16(25)13-29)28(3)24(33)31(22(20)32)14-19-26-17-8-4-5-9-18(17)34-19/h4-5,8-10,16,20H,6-7,11-14,25H2,1-3H3/q+1/t16-,20?/m1/s1. The zero-order chi connectivity index (χ0) is 24.0. The number of hydrogen-bond acceptors (Lipinski definition) is 5. The first-order chi connectivity index (χ1) is 16.3. The topological polar surface area (TPSA) is 98.1 Å². The van der Waals surface area contributed by atoms with Gasteiger partial charge in [0.05, 0.1) is 36.4 Å². The lowest BCUT2D eigenvalue weighted by atomic mass is 10.1. The number of likely N-dealkylation sites (N-methyl/N-ethyl adjacent to an activating group) is 1. The van der Waals surface area contributed by atoms with E-state index in [2.05, 4.69) is 15.6 Å². The van der Waals surface area contributed by atoms with Crippen LogP contribution in [0.1, 0.15) is 31.7 Å². The van der Waals surface area contributed by atoms with E-state index < -0.39 is 6.04 Å². The first-order valence-electron chi connectivity index (χ1n) is 11.6. The third-order valence-corrected chi connectivity index (χ3v) is 7.48. The Kier molecular flexibility index (Phi) is 5.95. The quantitative estimate of drug-likeness (QED) is 0.535. The summed E-state index contributed by atoms with van der Waals surface area (Å²) in [4.78, 5) is 41.3. The molecule has 3 aliphatic heterocycles. The third-order valence-electron chi connectivity index (χ3n) is 6.46. The molecule has 4 heterocycles. The zero-order valence-corrected chi connectivity index (χ0v) is 20.6. The number of rotatable bonds is 4. The molecule has 1 aromatic heterocycles. The molecule has 2 atom stereocenters. The smallest absolute Gasteiger partial charge is 0.325 e. The lowest BCUT2D eigenvalue weighted by molar-refractivity contribution is -0.544. The maximum Gasteiger partial charge on any atom is 0.392 e. The van der Waals surface area contributed by atoms with Gasteiger partial charge in [-0.1, -0.05) is 28.8 Å². The summed E-state index contributed by atoms with van der Waals surface area (Å²) in [6.07, 6.45) is 4.04. The van der Waals surface area contributed by atoms with Crippen LogP contribution < -0.4 is 5.73 Å². The van der Waals surface area contributed by atoms with Crippen molar-refractivity contribution in [3.63, 3.8) is 0 Å². The second kappa shape index (κ2) is 8.92. The third kappa shape index (κ3) is 4.01. The SMILES string of the molecule is CC(C)=CCN1C(=[N+]2CCC[C@@H](N)C2)N=C2C1C(=O)N(Cc1nc3ccccc3s1)C(=O)N2C. The Balaban J connectivity index is 1.51. The number of guanidine groups is 1. The predicted octanol–water partition coefficient (Wildman–Crippen LogP) is 2.23. The van der Waals surface area contributed by atoms with Crippen LogP contribution in [0.15, 0.2) is 40.9 Å². The molecule has 2 saturated heterocycles. The molecule has 2 N–H and O–H groups in total. The molecule has 34 heavy (non-hydrogen) atoms. The van der Waals surface area contributed by atoms with E-state index >= 15 is 0 Å². The van der Waals surface area contributed by atoms with Crippen LogP contribution in [0.2, 0.25) is 0 Å². The van der Waals surface area contributed by atoms with E-state index in [9.17, 15) is 9.59 Å². The highest BCUT2D eigenvalue weighted by atomic mass is 32.1. The molecule has 178 valence electrons. The van der Waals surface area contributed by atoms with Crippen molar-refractivity contribution in [1.29, 1.82) is 0 Å². The summed E-state index contributed by atoms with van der Waals surface area (Å²) >= 11 is 1.50. The summed E-state index contributed by atoms with van der Waals surface area (Å²) in [6.45, 7) is 6.26. The summed E-state index contributed by atoms with van der Waals surface area (Å²) in [6, 6.07) is 6.87. The van der Waals surface area contributed by atoms with E-state index in [1.165, 1.54) is 21.1 Å². The van der Waals surface area contributed by atoms with Gasteiger partial charge in [-0.2, -0.15) is 0 Å². The molecular weight excluding hydrogens is 450 g/mol. The van der Waals surface area contributed by atoms with Crippen molar-refractivity contribution in [1.82, 2.24) is 19.7 Å². The molecule has 0 bridgehead atoms. The number of carbonyl (C=O) groups excluding carboxylic acids is 2. The minimum absolute atomic E-state index is 0.0694. The van der Waals surface area contributed by atoms with Crippen LogP contribution in [0.4, 0.5) is 4.79 Å². The number of aromatic nitrogens is 1. The monoisotopic (exact) mass is 480 g/mol. The fraction of sp³-hybridized carbons (Fsp3) is 0.458. The number of imide groups is 1. The molecule has 3 amide bonds. The first kappa shape index (κ1) is 22.7. The Hall–Kier alpha value is -3.11. The number of benzene rings is 1. The number of nitrogens with two attached hydrogens (primary N) is 1. The van der Waals surface area contributed by atoms with Crippen LogP contribution in [-0.2, 0) is 11.3 Å². The molecular formula is C24H30N7O2S+. The van der Waals surface area contributed by atoms with E-state index in [0.29, 0.717) is 18.9 Å². The van der Waals surface area contributed by atoms with Crippen molar-refractivity contribution in [2.45, 2.75) is 45.3 Å². The molecule has 5 rings (SSSR count). The second-order valence-electron chi connectivity index (χ2n) is 9.30. The first-order valence-corrected chi connectivity index (χ1v) is 12.4. The number of hydrogen-bond donors (Lipinski definition) is 1. The number of carbonyl (C=O) groups is 2. The summed E-state index contributed by atoms with van der Waals surface area (Å²) in [7, 11) is 1.69. The van der Waals surface area contributed by atoms with Gasteiger partial charge in [0.25, 0.3) is 5.91 Å². The number of allylic oxidation sites excluding steroid dienone is 1. The molecule has 10 heteroatoms. The highest BCUT2D eigenvalue weighted by Gasteiger charge is 2.56. The Morgan fingerprint density at radius 1 is 1.29 bits per heavy atom. The highest BCUT2D eigenvalue weighted by molar-refractivity contribution is 7.18. The minimum atomic E-state index is -0.652. The number of para-hydroxylation sites is 1. The highest BCUT2D eigenvalue weighted by Crippen LogP contribution is 2.28. The van der Waals surface area contributed by atoms with Gasteiger partial charge >= 0.3 is 12.0 Å². The fourth-order valence-electron chi connectivity index (χ4n) is 4.69. The van der Waals surface area contributed by atoms with Gasteiger partial charge in [-0.05, 0) is 38.8 Å². The van der Waals surface area contributed by atoms with Crippen LogP contribution in [0.3, 0.4) is 0 Å². The van der Waals surface area contributed by atoms with E-state index in [1.54, 1.807) is 7.05 Å². The van der Waals surface area contributed by atoms with Gasteiger partial charge in [0.2, 0.25) is 11.9 Å². The molecule has 9 nitrogen and oxygen atoms in total. The van der Waals surface area contributed by atoms with Crippen molar-refractivity contribution < 1.29 is 14.2 Å². The minimum Gasteiger partial charge on any atom is -0.325 e. The van der Waals surface area contributed by atoms with Gasteiger partial charge in [-0.25, -0.2) is 14.7 Å². The number of aliphatic imine (C=N–C) groups is 1. The molecule has 0 aliphatic carbocycles. The maximum atomic E-state index is 13.8. The molecule has 3 aliphatic rings. The molecule has 0 saturated carbocycles. The van der Waals surface area contributed by atoms with Crippen molar-refractivity contribution in [3.05, 3.63) is 40.9 Å². The Morgan fingerprint density at radius 3 is 2.82 bits per heavy atom. The number of amidine groups is 1. The van der Waals surface area contributed by atoms with Gasteiger partial charge in [-0.3, -0.25) is 19.2 Å². The van der Waals surface area contributed by atoms with Crippen LogP contribution in [-0.4, -0.2) is 86.8 Å². The number of piperidine rings is 1. The van der Waals surface area contributed by atoms with E-state index in [0.717, 1.165) is 46.1 Å². The molecule has 0 radical (unpaired) electrons. The van der Waals surface area contributed by atoms with E-state index in [1.807, 2.05) is 43.0 Å². The van der Waals surface area contributed by atoms with Crippen molar-refractivity contribution >= 4 is 45.3 Å². The number of nitrogens with zero attached hydrogens (tertiary/aromatic N) is 6. The molecule has 2 aromatic rings. The normalized spacial score (nSPS) is 25.2. The number of thiazole rings is 1. The number of fused-ring (bicyclic) bond motifs is 2. The van der Waals surface area contributed by atoms with E-state index in [4.69, 9.17) is 10.7 Å². The van der Waals surface area contributed by atoms with Gasteiger partial charge in [-0.15, -0.1) is 11.3 Å². The van der Waals surface area contributed by atoms with Gasteiger partial charge < -0.3 is 5.73 Å². The zero-order valence-electron chi connectivity index (χ0n) is 19.8. The van der Waals surface area contributed by atoms with E-state index in [-0.39, 0.29) is 24.5 Å². The van der Waals surface area contributed by atoms with Crippen molar-refractivity contribution in [2.24, 2.45) is 10.7 Å². The van der Waals surface area contributed by atoms with Crippen LogP contribution in [0.25, 0.3) is 10.2 Å². The maximum absolute atomic E-state index is 13.8. The molecule has 1 unspecified atom stereocenters. The number of amides is 3. The van der Waals surface area contributed by atoms with Crippen LogP contribution >= 0.6 is 11.3 Å². The van der Waals surface area contributed by atoms with Gasteiger partial charge in [0.1, 0.15) is 5.01 Å². The summed E-state index contributed by atoms with van der Waals surface area (Å²) in [5, 5.41) is 0.733. The average Bonchev–Trinajstić information content (AvgIpc) is 3.40. The van der Waals surface area contributed by atoms with Gasteiger partial charge in [0.15, 0.2) is 0 Å². The molecule has 0 spiro atoms. The predicted molar refractivity (Wildman–Crippen MR) is 133 cm³/mol. The average molecular weight is 481 g/mol. The summed E-state index contributed by atoms with van der Waals surface area (Å²) in [5.74, 6) is 0.939. The Morgan fingerprint density at radius 2 is 2.09 bits per heavy atom. The lowest BCUT2D eigenvalue weighted by Crippen LogP contribution is -2.63. The van der Waals surface area contributed by atoms with Gasteiger partial charge in [0, 0.05) is 13.1 Å². The summed E-state index contributed by atoms with van der Waals surface area (Å²) < 4.78 is 3.19. The summed E-state index contributed by atoms with van der Waals surface area (Å²) in [5.41, 5.74) is 8.27. The second-order valence-corrected chi connectivity index (χ2v) is 10.4. The Bertz CT molecular complexity index is 1210. The number of urea groups is 1. The fourth-order valence-corrected chi connectivity index (χ4v) is 5.64. The Labute approximate surface area is 202 Å². The van der Waals surface area contributed by atoms with Crippen LogP contribution in [0, 0.1) is 0 Å².